The second-order valence-electron chi connectivity index (χ2n) is 6.93. The van der Waals surface area contributed by atoms with E-state index < -0.39 is 6.10 Å². The largest absolute Gasteiger partial charge is 0.391 e. The Bertz CT molecular complexity index is 879. The third-order valence-corrected chi connectivity index (χ3v) is 5.15. The molecular weight excluding hydrogens is 332 g/mol. The molecule has 0 radical (unpaired) electrons. The van der Waals surface area contributed by atoms with Crippen molar-refractivity contribution >= 4 is 11.6 Å². The normalized spacial score (nSPS) is 19.5. The Morgan fingerprint density at radius 2 is 2.04 bits per heavy atom. The fourth-order valence-corrected chi connectivity index (χ4v) is 3.63. The molecule has 1 atom stereocenters. The molecule has 0 spiro atoms. The van der Waals surface area contributed by atoms with Crippen LogP contribution in [0.25, 0.3) is 0 Å². The van der Waals surface area contributed by atoms with E-state index in [1.807, 2.05) is 12.1 Å². The monoisotopic (exact) mass is 354 g/mol. The predicted molar refractivity (Wildman–Crippen MR) is 96.9 cm³/mol. The number of carbonyl (C=O) groups excluding carboxylic acids is 1. The molecule has 1 N–H and O–H groups in total. The quantitative estimate of drug-likeness (QED) is 0.863. The molecule has 7 nitrogen and oxygen atoms in total. The summed E-state index contributed by atoms with van der Waals surface area (Å²) >= 11 is 0. The van der Waals surface area contributed by atoms with Gasteiger partial charge >= 0.3 is 0 Å². The first-order valence-electron chi connectivity index (χ1n) is 8.95. The minimum atomic E-state index is -0.465. The summed E-state index contributed by atoms with van der Waals surface area (Å²) in [5, 5.41) is 13.7. The molecule has 2 aliphatic heterocycles. The van der Waals surface area contributed by atoms with E-state index in [0.717, 1.165) is 25.2 Å². The molecule has 1 fully saturated rings. The summed E-state index contributed by atoms with van der Waals surface area (Å²) in [4.78, 5) is 28.4. The third-order valence-electron chi connectivity index (χ3n) is 5.15. The van der Waals surface area contributed by atoms with Gasteiger partial charge in [-0.3, -0.25) is 9.59 Å². The van der Waals surface area contributed by atoms with Crippen LogP contribution in [0.4, 0.5) is 5.69 Å². The van der Waals surface area contributed by atoms with Crippen LogP contribution in [0.2, 0.25) is 0 Å². The van der Waals surface area contributed by atoms with E-state index in [1.54, 1.807) is 17.2 Å². The lowest BCUT2D eigenvalue weighted by atomic mass is 10.00. The van der Waals surface area contributed by atoms with Crippen LogP contribution >= 0.6 is 0 Å². The van der Waals surface area contributed by atoms with Crippen molar-refractivity contribution in [3.05, 3.63) is 58.0 Å². The van der Waals surface area contributed by atoms with E-state index in [9.17, 15) is 14.7 Å². The fourth-order valence-electron chi connectivity index (χ4n) is 3.63. The highest BCUT2D eigenvalue weighted by molar-refractivity contribution is 5.76. The lowest BCUT2D eigenvalue weighted by Gasteiger charge is -2.30. The van der Waals surface area contributed by atoms with E-state index in [0.29, 0.717) is 19.5 Å². The molecule has 0 bridgehead atoms. The smallest absolute Gasteiger partial charge is 0.269 e. The fraction of sp³-hybridized carbons (Fsp3) is 0.421. The molecule has 7 heteroatoms. The Morgan fingerprint density at radius 3 is 2.77 bits per heavy atom. The Labute approximate surface area is 151 Å². The number of hydrogen-bond acceptors (Lipinski definition) is 5. The van der Waals surface area contributed by atoms with Crippen molar-refractivity contribution in [3.63, 3.8) is 0 Å². The SMILES string of the molecule is O=C(Cn1ncc(N2CCc3ccccc3C2)cc1=O)N1CC[C@H](O)C1. The van der Waals surface area contributed by atoms with Gasteiger partial charge in [0.2, 0.25) is 5.91 Å². The van der Waals surface area contributed by atoms with Gasteiger partial charge in [0, 0.05) is 32.2 Å². The van der Waals surface area contributed by atoms with Crippen LogP contribution in [0.1, 0.15) is 17.5 Å². The van der Waals surface area contributed by atoms with Crippen molar-refractivity contribution in [2.24, 2.45) is 0 Å². The average molecular weight is 354 g/mol. The van der Waals surface area contributed by atoms with Gasteiger partial charge in [0.1, 0.15) is 6.54 Å². The molecular formula is C19H22N4O3. The molecule has 0 saturated carbocycles. The van der Waals surface area contributed by atoms with Gasteiger partial charge < -0.3 is 14.9 Å². The number of aliphatic hydroxyl groups excluding tert-OH is 1. The second-order valence-corrected chi connectivity index (χ2v) is 6.93. The number of aromatic nitrogens is 2. The van der Waals surface area contributed by atoms with Crippen LogP contribution in [-0.2, 0) is 24.3 Å². The number of rotatable bonds is 3. The van der Waals surface area contributed by atoms with Gasteiger partial charge in [-0.25, -0.2) is 4.68 Å². The Balaban J connectivity index is 1.47. The van der Waals surface area contributed by atoms with Gasteiger partial charge in [0.25, 0.3) is 5.56 Å². The molecule has 1 aromatic heterocycles. The van der Waals surface area contributed by atoms with E-state index >= 15 is 0 Å². The molecule has 0 aliphatic carbocycles. The summed E-state index contributed by atoms with van der Waals surface area (Å²) in [6.07, 6.45) is 2.72. The summed E-state index contributed by atoms with van der Waals surface area (Å²) in [6.45, 7) is 2.37. The van der Waals surface area contributed by atoms with Crippen molar-refractivity contribution in [2.45, 2.75) is 32.0 Å². The second kappa shape index (κ2) is 6.92. The van der Waals surface area contributed by atoms with Crippen LogP contribution < -0.4 is 10.5 Å². The van der Waals surface area contributed by atoms with E-state index in [4.69, 9.17) is 0 Å². The zero-order chi connectivity index (χ0) is 18.1. The lowest BCUT2D eigenvalue weighted by Crippen LogP contribution is -2.37. The summed E-state index contributed by atoms with van der Waals surface area (Å²) in [5.41, 5.74) is 3.12. The maximum atomic E-state index is 12.4. The lowest BCUT2D eigenvalue weighted by molar-refractivity contribution is -0.131. The number of amides is 1. The van der Waals surface area contributed by atoms with E-state index in [2.05, 4.69) is 22.1 Å². The topological polar surface area (TPSA) is 78.7 Å². The van der Waals surface area contributed by atoms with Crippen molar-refractivity contribution in [2.75, 3.05) is 24.5 Å². The van der Waals surface area contributed by atoms with Crippen LogP contribution in [0.5, 0.6) is 0 Å². The summed E-state index contributed by atoms with van der Waals surface area (Å²) in [7, 11) is 0. The molecule has 1 amide bonds. The number of likely N-dealkylation sites (tertiary alicyclic amines) is 1. The number of fused-ring (bicyclic) bond motifs is 1. The first-order valence-corrected chi connectivity index (χ1v) is 8.95. The predicted octanol–water partition coefficient (Wildman–Crippen LogP) is 0.399. The van der Waals surface area contributed by atoms with Gasteiger partial charge in [0.15, 0.2) is 0 Å². The van der Waals surface area contributed by atoms with E-state index in [-0.39, 0.29) is 18.0 Å². The minimum Gasteiger partial charge on any atom is -0.391 e. The van der Waals surface area contributed by atoms with Crippen molar-refractivity contribution < 1.29 is 9.90 Å². The van der Waals surface area contributed by atoms with Crippen molar-refractivity contribution in [1.29, 1.82) is 0 Å². The molecule has 3 heterocycles. The van der Waals surface area contributed by atoms with Crippen LogP contribution in [0, 0.1) is 0 Å². The number of aliphatic hydroxyl groups is 1. The maximum absolute atomic E-state index is 12.4. The van der Waals surface area contributed by atoms with Gasteiger partial charge in [0.05, 0.1) is 18.0 Å². The molecule has 1 aromatic carbocycles. The van der Waals surface area contributed by atoms with Gasteiger partial charge in [-0.15, -0.1) is 0 Å². The minimum absolute atomic E-state index is 0.0886. The van der Waals surface area contributed by atoms with Crippen LogP contribution in [0.3, 0.4) is 0 Å². The summed E-state index contributed by atoms with van der Waals surface area (Å²) in [5.74, 6) is -0.184. The average Bonchev–Trinajstić information content (AvgIpc) is 3.09. The third kappa shape index (κ3) is 3.35. The number of nitrogens with zero attached hydrogens (tertiary/aromatic N) is 4. The molecule has 4 rings (SSSR count). The Hall–Kier alpha value is -2.67. The molecule has 1 saturated heterocycles. The molecule has 26 heavy (non-hydrogen) atoms. The zero-order valence-corrected chi connectivity index (χ0v) is 14.5. The first-order chi connectivity index (χ1) is 12.6. The summed E-state index contributed by atoms with van der Waals surface area (Å²) < 4.78 is 1.19. The van der Waals surface area contributed by atoms with Crippen molar-refractivity contribution in [3.8, 4) is 0 Å². The Morgan fingerprint density at radius 1 is 1.23 bits per heavy atom. The van der Waals surface area contributed by atoms with Crippen LogP contribution in [0.15, 0.2) is 41.3 Å². The van der Waals surface area contributed by atoms with E-state index in [1.165, 1.54) is 15.8 Å². The highest BCUT2D eigenvalue weighted by Gasteiger charge is 2.25. The van der Waals surface area contributed by atoms with Gasteiger partial charge in [-0.2, -0.15) is 5.10 Å². The zero-order valence-electron chi connectivity index (χ0n) is 14.5. The summed E-state index contributed by atoms with van der Waals surface area (Å²) in [6, 6.07) is 9.88. The highest BCUT2D eigenvalue weighted by Crippen LogP contribution is 2.22. The number of anilines is 1. The van der Waals surface area contributed by atoms with Crippen molar-refractivity contribution in [1.82, 2.24) is 14.7 Å². The number of carbonyl (C=O) groups is 1. The van der Waals surface area contributed by atoms with Gasteiger partial charge in [-0.05, 0) is 24.0 Å². The maximum Gasteiger partial charge on any atom is 0.269 e. The number of hydrogen-bond donors (Lipinski definition) is 1. The highest BCUT2D eigenvalue weighted by atomic mass is 16.3. The number of β-amino-alcohol motifs (C(OH)–C–C–N with tert-alkyl or cyclic N) is 1. The molecule has 2 aliphatic rings. The Kier molecular flexibility index (Phi) is 4.46. The number of benzene rings is 1. The standard InChI is InChI=1S/C19H22N4O3/c24-17-6-8-22(12-17)19(26)13-23-18(25)9-16(10-20-23)21-7-5-14-3-1-2-4-15(14)11-21/h1-4,9-10,17,24H,5-8,11-13H2/t17-/m0/s1. The van der Waals surface area contributed by atoms with Crippen LogP contribution in [-0.4, -0.2) is 51.4 Å². The molecule has 0 unspecified atom stereocenters. The molecule has 2 aromatic rings. The van der Waals surface area contributed by atoms with Gasteiger partial charge in [-0.1, -0.05) is 24.3 Å². The first kappa shape index (κ1) is 16.8. The molecule has 136 valence electrons.